The zero-order valence-electron chi connectivity index (χ0n) is 15.5. The number of benzene rings is 2. The molecular weight excluding hydrogens is 348 g/mol. The zero-order chi connectivity index (χ0) is 19.8. The van der Waals surface area contributed by atoms with Crippen LogP contribution in [0.1, 0.15) is 5.56 Å². The molecule has 1 N–H and O–H groups in total. The molecule has 0 aromatic heterocycles. The number of carbonyl (C=O) groups is 1. The minimum absolute atomic E-state index is 0.0941. The Bertz CT molecular complexity index is 900. The van der Waals surface area contributed by atoms with Gasteiger partial charge < -0.3 is 24.3 Å². The molecule has 27 heavy (non-hydrogen) atoms. The number of nitriles is 1. The van der Waals surface area contributed by atoms with Gasteiger partial charge >= 0.3 is 0 Å². The molecule has 0 aliphatic rings. The van der Waals surface area contributed by atoms with Crippen LogP contribution in [0.2, 0.25) is 0 Å². The summed E-state index contributed by atoms with van der Waals surface area (Å²) < 4.78 is 20.9. The Labute approximate surface area is 157 Å². The van der Waals surface area contributed by atoms with Gasteiger partial charge in [0.25, 0.3) is 5.91 Å². The van der Waals surface area contributed by atoms with Crippen molar-refractivity contribution in [2.24, 2.45) is 0 Å². The molecule has 1 amide bonds. The van der Waals surface area contributed by atoms with Crippen LogP contribution in [0, 0.1) is 11.3 Å². The number of anilines is 1. The third kappa shape index (κ3) is 4.70. The van der Waals surface area contributed by atoms with E-state index in [1.807, 2.05) is 6.07 Å². The largest absolute Gasteiger partial charge is 0.497 e. The van der Waals surface area contributed by atoms with Gasteiger partial charge in [0.05, 0.1) is 28.4 Å². The zero-order valence-corrected chi connectivity index (χ0v) is 15.5. The quantitative estimate of drug-likeness (QED) is 0.596. The van der Waals surface area contributed by atoms with Crippen LogP contribution in [0.15, 0.2) is 42.0 Å². The Kier molecular flexibility index (Phi) is 6.67. The van der Waals surface area contributed by atoms with Crippen LogP contribution >= 0.6 is 0 Å². The van der Waals surface area contributed by atoms with Crippen LogP contribution in [0.25, 0.3) is 6.08 Å². The van der Waals surface area contributed by atoms with E-state index < -0.39 is 5.91 Å². The van der Waals surface area contributed by atoms with Gasteiger partial charge in [-0.05, 0) is 24.3 Å². The van der Waals surface area contributed by atoms with Crippen molar-refractivity contribution in [3.63, 3.8) is 0 Å². The van der Waals surface area contributed by atoms with Crippen LogP contribution < -0.4 is 24.3 Å². The summed E-state index contributed by atoms with van der Waals surface area (Å²) >= 11 is 0. The number of rotatable bonds is 7. The number of amides is 1. The lowest BCUT2D eigenvalue weighted by Gasteiger charge is -2.12. The van der Waals surface area contributed by atoms with E-state index in [9.17, 15) is 10.1 Å². The lowest BCUT2D eigenvalue weighted by Crippen LogP contribution is -2.13. The van der Waals surface area contributed by atoms with E-state index in [-0.39, 0.29) is 5.57 Å². The summed E-state index contributed by atoms with van der Waals surface area (Å²) in [4.78, 5) is 12.5. The smallest absolute Gasteiger partial charge is 0.266 e. The number of nitrogens with zero attached hydrogens (tertiary/aromatic N) is 1. The topological polar surface area (TPSA) is 89.8 Å². The van der Waals surface area contributed by atoms with Crippen molar-refractivity contribution in [3.05, 3.63) is 47.5 Å². The van der Waals surface area contributed by atoms with Crippen LogP contribution in [-0.4, -0.2) is 34.3 Å². The average molecular weight is 368 g/mol. The normalized spacial score (nSPS) is 10.6. The molecule has 0 saturated heterocycles. The van der Waals surface area contributed by atoms with Crippen molar-refractivity contribution in [1.29, 1.82) is 5.26 Å². The van der Waals surface area contributed by atoms with Gasteiger partial charge in [0, 0.05) is 23.4 Å². The number of ether oxygens (including phenoxy) is 4. The van der Waals surface area contributed by atoms with Crippen LogP contribution in [0.5, 0.6) is 23.0 Å². The monoisotopic (exact) mass is 368 g/mol. The first-order valence-electron chi connectivity index (χ1n) is 7.93. The third-order valence-corrected chi connectivity index (χ3v) is 3.73. The van der Waals surface area contributed by atoms with Crippen LogP contribution in [-0.2, 0) is 4.79 Å². The molecule has 0 radical (unpaired) electrons. The van der Waals surface area contributed by atoms with E-state index in [2.05, 4.69) is 5.32 Å². The van der Waals surface area contributed by atoms with Gasteiger partial charge in [-0.1, -0.05) is 6.07 Å². The number of hydrogen-bond donors (Lipinski definition) is 1. The van der Waals surface area contributed by atoms with Gasteiger partial charge in [0.2, 0.25) is 0 Å². The van der Waals surface area contributed by atoms with Crippen molar-refractivity contribution < 1.29 is 23.7 Å². The summed E-state index contributed by atoms with van der Waals surface area (Å²) in [6, 6.07) is 12.0. The molecule has 0 aliphatic heterocycles. The van der Waals surface area contributed by atoms with E-state index in [0.29, 0.717) is 34.2 Å². The molecule has 2 rings (SSSR count). The molecule has 0 aliphatic carbocycles. The van der Waals surface area contributed by atoms with Gasteiger partial charge in [-0.15, -0.1) is 0 Å². The fourth-order valence-corrected chi connectivity index (χ4v) is 2.37. The van der Waals surface area contributed by atoms with E-state index in [4.69, 9.17) is 18.9 Å². The first-order chi connectivity index (χ1) is 13.1. The summed E-state index contributed by atoms with van der Waals surface area (Å²) in [5.74, 6) is 1.41. The number of carbonyl (C=O) groups excluding carboxylic acids is 1. The maximum Gasteiger partial charge on any atom is 0.266 e. The SMILES string of the molecule is COc1cccc(NC(=O)/C(C#N)=C/c2cc(OC)c(OC)cc2OC)c1. The minimum Gasteiger partial charge on any atom is -0.497 e. The molecule has 0 spiro atoms. The van der Waals surface area contributed by atoms with Crippen molar-refractivity contribution in [2.45, 2.75) is 0 Å². The molecule has 0 bridgehead atoms. The van der Waals surface area contributed by atoms with Crippen molar-refractivity contribution in [1.82, 2.24) is 0 Å². The Morgan fingerprint density at radius 3 is 2.22 bits per heavy atom. The Morgan fingerprint density at radius 2 is 1.63 bits per heavy atom. The minimum atomic E-state index is -0.553. The number of nitrogens with one attached hydrogen (secondary N) is 1. The standard InChI is InChI=1S/C20H20N2O5/c1-24-16-7-5-6-15(10-16)22-20(23)14(12-21)8-13-9-18(26-3)19(27-4)11-17(13)25-2/h5-11H,1-4H3,(H,22,23)/b14-8+. The van der Waals surface area contributed by atoms with Gasteiger partial charge in [0.15, 0.2) is 11.5 Å². The highest BCUT2D eigenvalue weighted by Crippen LogP contribution is 2.35. The lowest BCUT2D eigenvalue weighted by molar-refractivity contribution is -0.112. The highest BCUT2D eigenvalue weighted by atomic mass is 16.5. The lowest BCUT2D eigenvalue weighted by atomic mass is 10.1. The predicted molar refractivity (Wildman–Crippen MR) is 101 cm³/mol. The van der Waals surface area contributed by atoms with Crippen molar-refractivity contribution in [3.8, 4) is 29.1 Å². The molecule has 0 fully saturated rings. The molecule has 2 aromatic rings. The molecule has 0 saturated carbocycles. The van der Waals surface area contributed by atoms with E-state index in [0.717, 1.165) is 0 Å². The van der Waals surface area contributed by atoms with Gasteiger partial charge in [-0.3, -0.25) is 4.79 Å². The molecule has 140 valence electrons. The number of methoxy groups -OCH3 is 4. The average Bonchev–Trinajstić information content (AvgIpc) is 2.71. The summed E-state index contributed by atoms with van der Waals surface area (Å²) in [5, 5.41) is 12.1. The first kappa shape index (κ1) is 19.7. The Morgan fingerprint density at radius 1 is 0.963 bits per heavy atom. The van der Waals surface area contributed by atoms with E-state index >= 15 is 0 Å². The molecule has 0 heterocycles. The molecular formula is C20H20N2O5. The van der Waals surface area contributed by atoms with Gasteiger partial charge in [-0.25, -0.2) is 0 Å². The predicted octanol–water partition coefficient (Wildman–Crippen LogP) is 3.27. The van der Waals surface area contributed by atoms with Gasteiger partial charge in [0.1, 0.15) is 23.1 Å². The maximum absolute atomic E-state index is 12.5. The highest BCUT2D eigenvalue weighted by molar-refractivity contribution is 6.10. The first-order valence-corrected chi connectivity index (χ1v) is 7.93. The Balaban J connectivity index is 2.37. The fraction of sp³-hybridized carbons (Fsp3) is 0.200. The van der Waals surface area contributed by atoms with Gasteiger partial charge in [-0.2, -0.15) is 5.26 Å². The second-order valence-corrected chi connectivity index (χ2v) is 5.31. The second kappa shape index (κ2) is 9.15. The number of hydrogen-bond acceptors (Lipinski definition) is 6. The van der Waals surface area contributed by atoms with Crippen LogP contribution in [0.4, 0.5) is 5.69 Å². The summed E-state index contributed by atoms with van der Waals surface area (Å²) in [6.07, 6.45) is 1.43. The molecule has 0 atom stereocenters. The summed E-state index contributed by atoms with van der Waals surface area (Å²) in [5.41, 5.74) is 0.926. The fourth-order valence-electron chi connectivity index (χ4n) is 2.37. The molecule has 7 heteroatoms. The van der Waals surface area contributed by atoms with Crippen molar-refractivity contribution >= 4 is 17.7 Å². The molecule has 7 nitrogen and oxygen atoms in total. The maximum atomic E-state index is 12.5. The van der Waals surface area contributed by atoms with Crippen LogP contribution in [0.3, 0.4) is 0 Å². The van der Waals surface area contributed by atoms with Crippen molar-refractivity contribution in [2.75, 3.05) is 33.8 Å². The molecule has 2 aromatic carbocycles. The Hall–Kier alpha value is -3.66. The highest BCUT2D eigenvalue weighted by Gasteiger charge is 2.15. The van der Waals surface area contributed by atoms with E-state index in [1.54, 1.807) is 36.4 Å². The second-order valence-electron chi connectivity index (χ2n) is 5.31. The summed E-state index contributed by atoms with van der Waals surface area (Å²) in [7, 11) is 6.03. The van der Waals surface area contributed by atoms with E-state index in [1.165, 1.54) is 34.5 Å². The molecule has 0 unspecified atom stereocenters. The summed E-state index contributed by atoms with van der Waals surface area (Å²) in [6.45, 7) is 0. The third-order valence-electron chi connectivity index (χ3n) is 3.73.